The van der Waals surface area contributed by atoms with Gasteiger partial charge in [0.2, 0.25) is 0 Å². The molecule has 0 radical (unpaired) electrons. The van der Waals surface area contributed by atoms with Crippen molar-refractivity contribution in [1.82, 2.24) is 0 Å². The summed E-state index contributed by atoms with van der Waals surface area (Å²) in [5, 5.41) is 19.6. The van der Waals surface area contributed by atoms with Crippen LogP contribution in [0.2, 0.25) is 0 Å². The molecule has 0 saturated carbocycles. The van der Waals surface area contributed by atoms with E-state index in [1.54, 1.807) is 24.3 Å². The van der Waals surface area contributed by atoms with E-state index in [4.69, 9.17) is 14.3 Å². The summed E-state index contributed by atoms with van der Waals surface area (Å²) in [6.45, 7) is 1.05. The molecule has 106 valence electrons. The van der Waals surface area contributed by atoms with E-state index in [-0.39, 0.29) is 0 Å². The summed E-state index contributed by atoms with van der Waals surface area (Å²) in [7, 11) is 1.50. The summed E-state index contributed by atoms with van der Waals surface area (Å²) >= 11 is 0. The van der Waals surface area contributed by atoms with Gasteiger partial charge in [-0.2, -0.15) is 0 Å². The van der Waals surface area contributed by atoms with Crippen molar-refractivity contribution >= 4 is 17.0 Å². The number of rotatable bonds is 4. The minimum atomic E-state index is -1.36. The summed E-state index contributed by atoms with van der Waals surface area (Å²) in [5.41, 5.74) is -0.907. The number of benzene rings is 1. The Morgan fingerprint density at radius 2 is 2.05 bits per heavy atom. The lowest BCUT2D eigenvalue weighted by atomic mass is 10.0. The molecule has 0 aliphatic rings. The maximum absolute atomic E-state index is 11.4. The lowest BCUT2D eigenvalue weighted by molar-refractivity contribution is 0.0442. The van der Waals surface area contributed by atoms with Crippen LogP contribution in [-0.4, -0.2) is 29.5 Å². The van der Waals surface area contributed by atoms with Crippen molar-refractivity contribution in [3.63, 3.8) is 0 Å². The summed E-state index contributed by atoms with van der Waals surface area (Å²) < 4.78 is 10.4. The van der Waals surface area contributed by atoms with Gasteiger partial charge in [-0.1, -0.05) is 6.08 Å². The van der Waals surface area contributed by atoms with Gasteiger partial charge in [-0.3, -0.25) is 0 Å². The summed E-state index contributed by atoms with van der Waals surface area (Å²) in [5.74, 6) is 0.511. The number of hydrogen-bond acceptors (Lipinski definition) is 5. The third kappa shape index (κ3) is 2.89. The van der Waals surface area contributed by atoms with Gasteiger partial charge in [-0.05, 0) is 31.2 Å². The maximum Gasteiger partial charge on any atom is 0.336 e. The van der Waals surface area contributed by atoms with Crippen molar-refractivity contribution in [2.45, 2.75) is 12.5 Å². The number of ether oxygens (including phenoxy) is 1. The molecule has 0 fully saturated rings. The van der Waals surface area contributed by atoms with Gasteiger partial charge in [0, 0.05) is 11.5 Å². The van der Waals surface area contributed by atoms with Crippen molar-refractivity contribution < 1.29 is 19.4 Å². The Kier molecular flexibility index (Phi) is 3.92. The average Bonchev–Trinajstić information content (AvgIpc) is 2.44. The maximum atomic E-state index is 11.4. The highest BCUT2D eigenvalue weighted by atomic mass is 16.5. The SMILES string of the molecule is COc1ccc2ccc(=O)oc2c1/C=C\C(C)(O)CO. The molecule has 2 N–H and O–H groups in total. The standard InChI is InChI=1S/C15H16O5/c1-15(18,9-16)8-7-11-12(19-2)5-3-10-4-6-13(17)20-14(10)11/h3-8,16,18H,9H2,1-2H3/b8-7-. The predicted octanol–water partition coefficient (Wildman–Crippen LogP) is 1.56. The van der Waals surface area contributed by atoms with Crippen molar-refractivity contribution in [2.75, 3.05) is 13.7 Å². The summed E-state index contributed by atoms with van der Waals surface area (Å²) in [6, 6.07) is 6.52. The monoisotopic (exact) mass is 276 g/mol. The number of aliphatic hydroxyl groups is 2. The van der Waals surface area contributed by atoms with E-state index >= 15 is 0 Å². The van der Waals surface area contributed by atoms with Crippen LogP contribution in [-0.2, 0) is 0 Å². The molecule has 0 bridgehead atoms. The molecule has 2 rings (SSSR count). The van der Waals surface area contributed by atoms with Crippen molar-refractivity contribution in [3.8, 4) is 5.75 Å². The Morgan fingerprint density at radius 3 is 2.70 bits per heavy atom. The Balaban J connectivity index is 2.65. The molecule has 5 heteroatoms. The van der Waals surface area contributed by atoms with E-state index in [1.807, 2.05) is 0 Å². The van der Waals surface area contributed by atoms with Crippen LogP contribution in [0.5, 0.6) is 5.75 Å². The quantitative estimate of drug-likeness (QED) is 0.828. The molecule has 1 heterocycles. The van der Waals surface area contributed by atoms with Crippen LogP contribution in [0.25, 0.3) is 17.0 Å². The fourth-order valence-electron chi connectivity index (χ4n) is 1.79. The fourth-order valence-corrected chi connectivity index (χ4v) is 1.79. The Hall–Kier alpha value is -2.11. The second-order valence-corrected chi connectivity index (χ2v) is 4.70. The molecule has 0 spiro atoms. The van der Waals surface area contributed by atoms with Crippen molar-refractivity contribution in [2.24, 2.45) is 0 Å². The second-order valence-electron chi connectivity index (χ2n) is 4.70. The third-order valence-corrected chi connectivity index (χ3v) is 2.94. The van der Waals surface area contributed by atoms with Crippen molar-refractivity contribution in [3.05, 3.63) is 46.3 Å². The smallest absolute Gasteiger partial charge is 0.336 e. The number of hydrogen-bond donors (Lipinski definition) is 2. The third-order valence-electron chi connectivity index (χ3n) is 2.94. The summed E-state index contributed by atoms with van der Waals surface area (Å²) in [4.78, 5) is 11.4. The zero-order chi connectivity index (χ0) is 14.8. The van der Waals surface area contributed by atoms with Crippen LogP contribution in [0.15, 0.2) is 39.6 Å². The molecule has 1 aromatic heterocycles. The summed E-state index contributed by atoms with van der Waals surface area (Å²) in [6.07, 6.45) is 3.00. The van der Waals surface area contributed by atoms with Crippen molar-refractivity contribution in [1.29, 1.82) is 0 Å². The largest absolute Gasteiger partial charge is 0.496 e. The van der Waals surface area contributed by atoms with Crippen LogP contribution in [0, 0.1) is 0 Å². The normalized spacial score (nSPS) is 14.6. The highest BCUT2D eigenvalue weighted by molar-refractivity contribution is 5.88. The fraction of sp³-hybridized carbons (Fsp3) is 0.267. The minimum absolute atomic E-state index is 0.377. The lowest BCUT2D eigenvalue weighted by Crippen LogP contribution is -2.25. The van der Waals surface area contributed by atoms with E-state index in [1.165, 1.54) is 26.2 Å². The van der Waals surface area contributed by atoms with Gasteiger partial charge in [0.25, 0.3) is 0 Å². The number of aliphatic hydroxyl groups excluding tert-OH is 1. The zero-order valence-corrected chi connectivity index (χ0v) is 11.3. The van der Waals surface area contributed by atoms with Gasteiger partial charge >= 0.3 is 5.63 Å². The average molecular weight is 276 g/mol. The molecule has 0 saturated heterocycles. The van der Waals surface area contributed by atoms with Crippen LogP contribution in [0.4, 0.5) is 0 Å². The van der Waals surface area contributed by atoms with Gasteiger partial charge in [0.05, 0.1) is 19.3 Å². The molecule has 20 heavy (non-hydrogen) atoms. The van der Waals surface area contributed by atoms with E-state index in [2.05, 4.69) is 0 Å². The second kappa shape index (κ2) is 5.48. The molecule has 0 aliphatic heterocycles. The molecule has 5 nitrogen and oxygen atoms in total. The molecule has 0 aliphatic carbocycles. The Bertz CT molecular complexity index is 697. The van der Waals surface area contributed by atoms with Crippen LogP contribution in [0.3, 0.4) is 0 Å². The molecule has 1 unspecified atom stereocenters. The van der Waals surface area contributed by atoms with E-state index in [0.717, 1.165) is 5.39 Å². The molecule has 0 amide bonds. The minimum Gasteiger partial charge on any atom is -0.496 e. The Morgan fingerprint density at radius 1 is 1.35 bits per heavy atom. The predicted molar refractivity (Wildman–Crippen MR) is 75.8 cm³/mol. The van der Waals surface area contributed by atoms with E-state index in [9.17, 15) is 9.90 Å². The first-order valence-electron chi connectivity index (χ1n) is 6.10. The van der Waals surface area contributed by atoms with Gasteiger partial charge < -0.3 is 19.4 Å². The molecular weight excluding hydrogens is 260 g/mol. The first-order valence-corrected chi connectivity index (χ1v) is 6.10. The molecular formula is C15H16O5. The van der Waals surface area contributed by atoms with Gasteiger partial charge in [0.1, 0.15) is 16.9 Å². The van der Waals surface area contributed by atoms with E-state index in [0.29, 0.717) is 16.9 Å². The molecule has 1 atom stereocenters. The number of fused-ring (bicyclic) bond motifs is 1. The van der Waals surface area contributed by atoms with Gasteiger partial charge in [-0.15, -0.1) is 0 Å². The topological polar surface area (TPSA) is 79.9 Å². The molecule has 2 aromatic rings. The highest BCUT2D eigenvalue weighted by Crippen LogP contribution is 2.29. The first-order chi connectivity index (χ1) is 9.46. The Labute approximate surface area is 115 Å². The zero-order valence-electron chi connectivity index (χ0n) is 11.3. The highest BCUT2D eigenvalue weighted by Gasteiger charge is 2.15. The molecule has 1 aromatic carbocycles. The van der Waals surface area contributed by atoms with Crippen LogP contribution in [0.1, 0.15) is 12.5 Å². The van der Waals surface area contributed by atoms with Crippen LogP contribution < -0.4 is 10.4 Å². The van der Waals surface area contributed by atoms with Gasteiger partial charge in [0.15, 0.2) is 0 Å². The van der Waals surface area contributed by atoms with Gasteiger partial charge in [-0.25, -0.2) is 4.79 Å². The number of methoxy groups -OCH3 is 1. The lowest BCUT2D eigenvalue weighted by Gasteiger charge is -2.15. The van der Waals surface area contributed by atoms with Crippen LogP contribution >= 0.6 is 0 Å². The first kappa shape index (κ1) is 14.3. The van der Waals surface area contributed by atoms with E-state index < -0.39 is 17.8 Å².